The van der Waals surface area contributed by atoms with Crippen molar-refractivity contribution in [2.24, 2.45) is 5.73 Å². The van der Waals surface area contributed by atoms with Crippen LogP contribution >= 0.6 is 0 Å². The number of rotatable bonds is 3. The maximum absolute atomic E-state index is 6.02. The summed E-state index contributed by atoms with van der Waals surface area (Å²) in [5.41, 5.74) is 8.88. The average Bonchev–Trinajstić information content (AvgIpc) is 2.79. The summed E-state index contributed by atoms with van der Waals surface area (Å²) in [6.07, 6.45) is 5.04. The fourth-order valence-corrected chi connectivity index (χ4v) is 3.05. The molecule has 88 valence electrons. The van der Waals surface area contributed by atoms with Crippen molar-refractivity contribution < 1.29 is 4.74 Å². The molecule has 0 heterocycles. The Hall–Kier alpha value is -1.02. The first kappa shape index (κ1) is 11.5. The molecule has 1 saturated carbocycles. The van der Waals surface area contributed by atoms with Crippen molar-refractivity contribution in [3.8, 4) is 5.75 Å². The van der Waals surface area contributed by atoms with Crippen LogP contribution in [0, 0.1) is 6.92 Å². The van der Waals surface area contributed by atoms with E-state index in [1.807, 2.05) is 6.07 Å². The van der Waals surface area contributed by atoms with Crippen LogP contribution in [0.2, 0.25) is 0 Å². The Morgan fingerprint density at radius 1 is 1.31 bits per heavy atom. The van der Waals surface area contributed by atoms with Gasteiger partial charge in [-0.1, -0.05) is 25.0 Å². The van der Waals surface area contributed by atoms with E-state index in [0.29, 0.717) is 0 Å². The average molecular weight is 219 g/mol. The van der Waals surface area contributed by atoms with Crippen LogP contribution in [0.4, 0.5) is 0 Å². The molecule has 0 aliphatic heterocycles. The van der Waals surface area contributed by atoms with E-state index in [4.69, 9.17) is 10.5 Å². The summed E-state index contributed by atoms with van der Waals surface area (Å²) in [5.74, 6) is 0.984. The van der Waals surface area contributed by atoms with Crippen LogP contribution in [0.1, 0.15) is 36.8 Å². The third-order valence-corrected chi connectivity index (χ3v) is 4.03. The first-order chi connectivity index (χ1) is 7.73. The molecule has 1 aromatic carbocycles. The Morgan fingerprint density at radius 3 is 2.56 bits per heavy atom. The summed E-state index contributed by atoms with van der Waals surface area (Å²) < 4.78 is 5.39. The zero-order valence-electron chi connectivity index (χ0n) is 10.3. The lowest BCUT2D eigenvalue weighted by Gasteiger charge is -2.30. The van der Waals surface area contributed by atoms with Crippen molar-refractivity contribution in [3.05, 3.63) is 29.3 Å². The Bertz CT molecular complexity index is 367. The fourth-order valence-electron chi connectivity index (χ4n) is 3.05. The molecule has 2 heteroatoms. The minimum Gasteiger partial charge on any atom is -0.496 e. The van der Waals surface area contributed by atoms with E-state index >= 15 is 0 Å². The maximum Gasteiger partial charge on any atom is 0.122 e. The van der Waals surface area contributed by atoms with Crippen LogP contribution in [0.25, 0.3) is 0 Å². The van der Waals surface area contributed by atoms with Crippen LogP contribution in [0.3, 0.4) is 0 Å². The number of benzene rings is 1. The smallest absolute Gasteiger partial charge is 0.122 e. The predicted molar refractivity (Wildman–Crippen MR) is 66.9 cm³/mol. The highest BCUT2D eigenvalue weighted by Gasteiger charge is 2.35. The van der Waals surface area contributed by atoms with E-state index in [-0.39, 0.29) is 5.41 Å². The van der Waals surface area contributed by atoms with Gasteiger partial charge in [0.1, 0.15) is 5.75 Å². The highest BCUT2D eigenvalue weighted by molar-refractivity contribution is 5.44. The minimum absolute atomic E-state index is 0.207. The van der Waals surface area contributed by atoms with Crippen LogP contribution in [0.5, 0.6) is 5.75 Å². The molecular formula is C14H21NO. The first-order valence-corrected chi connectivity index (χ1v) is 6.08. The Labute approximate surface area is 97.8 Å². The second-order valence-corrected chi connectivity index (χ2v) is 4.82. The maximum atomic E-state index is 6.02. The largest absolute Gasteiger partial charge is 0.496 e. The number of methoxy groups -OCH3 is 1. The minimum atomic E-state index is 0.207. The SMILES string of the molecule is COc1cccc(C2(CN)CCCC2)c1C. The van der Waals surface area contributed by atoms with Gasteiger partial charge >= 0.3 is 0 Å². The summed E-state index contributed by atoms with van der Waals surface area (Å²) >= 11 is 0. The molecule has 0 amide bonds. The Kier molecular flexibility index (Phi) is 3.20. The van der Waals surface area contributed by atoms with Crippen LogP contribution in [-0.2, 0) is 5.41 Å². The Morgan fingerprint density at radius 2 is 2.00 bits per heavy atom. The predicted octanol–water partition coefficient (Wildman–Crippen LogP) is 2.77. The zero-order valence-corrected chi connectivity index (χ0v) is 10.3. The molecule has 0 bridgehead atoms. The van der Waals surface area contributed by atoms with Crippen molar-refractivity contribution in [3.63, 3.8) is 0 Å². The van der Waals surface area contributed by atoms with Crippen molar-refractivity contribution in [2.45, 2.75) is 38.0 Å². The molecule has 1 fully saturated rings. The number of ether oxygens (including phenoxy) is 1. The Balaban J connectivity index is 2.46. The molecule has 0 spiro atoms. The van der Waals surface area contributed by atoms with Crippen LogP contribution < -0.4 is 10.5 Å². The van der Waals surface area contributed by atoms with Gasteiger partial charge in [-0.05, 0) is 37.0 Å². The van der Waals surface area contributed by atoms with Gasteiger partial charge in [0.05, 0.1) is 7.11 Å². The summed E-state index contributed by atoms with van der Waals surface area (Å²) in [7, 11) is 1.73. The lowest BCUT2D eigenvalue weighted by atomic mass is 9.77. The lowest BCUT2D eigenvalue weighted by molar-refractivity contribution is 0.403. The standard InChI is InChI=1S/C14H21NO/c1-11-12(6-5-7-13(11)16-2)14(10-15)8-3-4-9-14/h5-7H,3-4,8-10,15H2,1-2H3. The van der Waals surface area contributed by atoms with E-state index < -0.39 is 0 Å². The van der Waals surface area contributed by atoms with E-state index in [1.54, 1.807) is 7.11 Å². The van der Waals surface area contributed by atoms with E-state index in [9.17, 15) is 0 Å². The fraction of sp³-hybridized carbons (Fsp3) is 0.571. The van der Waals surface area contributed by atoms with E-state index in [1.165, 1.54) is 36.8 Å². The van der Waals surface area contributed by atoms with Gasteiger partial charge < -0.3 is 10.5 Å². The van der Waals surface area contributed by atoms with Crippen molar-refractivity contribution in [1.29, 1.82) is 0 Å². The van der Waals surface area contributed by atoms with Crippen LogP contribution in [0.15, 0.2) is 18.2 Å². The molecule has 1 aliphatic rings. The van der Waals surface area contributed by atoms with Gasteiger partial charge in [-0.2, -0.15) is 0 Å². The summed E-state index contributed by atoms with van der Waals surface area (Å²) in [5, 5.41) is 0. The van der Waals surface area contributed by atoms with E-state index in [2.05, 4.69) is 19.1 Å². The van der Waals surface area contributed by atoms with Crippen molar-refractivity contribution in [2.75, 3.05) is 13.7 Å². The summed E-state index contributed by atoms with van der Waals surface area (Å²) in [6.45, 7) is 2.89. The molecule has 1 aromatic rings. The van der Waals surface area contributed by atoms with Gasteiger partial charge in [0.25, 0.3) is 0 Å². The molecule has 1 aliphatic carbocycles. The molecule has 2 rings (SSSR count). The molecule has 0 unspecified atom stereocenters. The van der Waals surface area contributed by atoms with Gasteiger partial charge in [-0.25, -0.2) is 0 Å². The zero-order chi connectivity index (χ0) is 11.6. The number of hydrogen-bond donors (Lipinski definition) is 1. The highest BCUT2D eigenvalue weighted by atomic mass is 16.5. The monoisotopic (exact) mass is 219 g/mol. The normalized spacial score (nSPS) is 18.7. The van der Waals surface area contributed by atoms with Gasteiger partial charge in [0.2, 0.25) is 0 Å². The number of nitrogens with two attached hydrogens (primary N) is 1. The molecular weight excluding hydrogens is 198 g/mol. The topological polar surface area (TPSA) is 35.2 Å². The molecule has 0 radical (unpaired) electrons. The highest BCUT2D eigenvalue weighted by Crippen LogP contribution is 2.43. The third-order valence-electron chi connectivity index (χ3n) is 4.03. The second kappa shape index (κ2) is 4.46. The molecule has 0 saturated heterocycles. The van der Waals surface area contributed by atoms with Crippen molar-refractivity contribution in [1.82, 2.24) is 0 Å². The molecule has 0 atom stereocenters. The quantitative estimate of drug-likeness (QED) is 0.848. The van der Waals surface area contributed by atoms with Gasteiger partial charge in [-0.3, -0.25) is 0 Å². The van der Waals surface area contributed by atoms with Crippen molar-refractivity contribution >= 4 is 0 Å². The van der Waals surface area contributed by atoms with E-state index in [0.717, 1.165) is 12.3 Å². The second-order valence-electron chi connectivity index (χ2n) is 4.82. The van der Waals surface area contributed by atoms with Gasteiger partial charge in [0, 0.05) is 12.0 Å². The van der Waals surface area contributed by atoms with Crippen LogP contribution in [-0.4, -0.2) is 13.7 Å². The molecule has 2 N–H and O–H groups in total. The molecule has 16 heavy (non-hydrogen) atoms. The third kappa shape index (κ3) is 1.71. The number of hydrogen-bond acceptors (Lipinski definition) is 2. The van der Waals surface area contributed by atoms with Gasteiger partial charge in [-0.15, -0.1) is 0 Å². The molecule has 0 aromatic heterocycles. The summed E-state index contributed by atoms with van der Waals surface area (Å²) in [6, 6.07) is 6.32. The molecule has 2 nitrogen and oxygen atoms in total. The lowest BCUT2D eigenvalue weighted by Crippen LogP contribution is -2.32. The first-order valence-electron chi connectivity index (χ1n) is 6.08. The summed E-state index contributed by atoms with van der Waals surface area (Å²) in [4.78, 5) is 0. The van der Waals surface area contributed by atoms with Gasteiger partial charge in [0.15, 0.2) is 0 Å².